The van der Waals surface area contributed by atoms with E-state index in [1.165, 1.54) is 44.1 Å². The minimum Gasteiger partial charge on any atom is -0.496 e. The summed E-state index contributed by atoms with van der Waals surface area (Å²) in [6.07, 6.45) is 8.11. The summed E-state index contributed by atoms with van der Waals surface area (Å²) < 4.78 is 5.78. The molecule has 0 aromatic heterocycles. The van der Waals surface area contributed by atoms with Crippen LogP contribution in [0.1, 0.15) is 65.6 Å². The molecule has 3 nitrogen and oxygen atoms in total. The molecular weight excluding hydrogens is 360 g/mol. The zero-order valence-electron chi connectivity index (χ0n) is 16.8. The zero-order chi connectivity index (χ0) is 20.0. The highest BCUT2D eigenvalue weighted by Gasteiger charge is 2.52. The second-order valence-electron chi connectivity index (χ2n) is 9.25. The Labute approximate surface area is 172 Å². The van der Waals surface area contributed by atoms with E-state index in [0.29, 0.717) is 0 Å². The average molecular weight is 386 g/mol. The Morgan fingerprint density at radius 2 is 1.59 bits per heavy atom. The van der Waals surface area contributed by atoms with Crippen molar-refractivity contribution >= 4 is 5.97 Å². The standard InChI is InChI=1S/C26H26O3/c1-29-24-8-7-18(6-5-17-3-2-4-22(12-17)25(27)28)13-23(24)26-14-19-9-20(15-26)11-21(10-19)16-26/h2-4,7-8,12-13,19-21H,9-11,14-16H2,1H3,(H,27,28). The minimum atomic E-state index is -0.929. The van der Waals surface area contributed by atoms with Gasteiger partial charge in [0.05, 0.1) is 12.7 Å². The number of carboxylic acid groups (broad SMARTS) is 1. The van der Waals surface area contributed by atoms with Crippen LogP contribution in [0.4, 0.5) is 0 Å². The number of aromatic carboxylic acids is 1. The van der Waals surface area contributed by atoms with E-state index in [1.54, 1.807) is 25.3 Å². The summed E-state index contributed by atoms with van der Waals surface area (Å²) in [5, 5.41) is 9.18. The first-order valence-corrected chi connectivity index (χ1v) is 10.6. The van der Waals surface area contributed by atoms with E-state index < -0.39 is 5.97 Å². The Balaban J connectivity index is 1.50. The number of carbonyl (C=O) groups is 1. The fourth-order valence-corrected chi connectivity index (χ4v) is 6.52. The molecule has 29 heavy (non-hydrogen) atoms. The third kappa shape index (κ3) is 3.31. The molecule has 4 aliphatic rings. The minimum absolute atomic E-state index is 0.251. The molecule has 148 valence electrons. The Kier molecular flexibility index (Phi) is 4.39. The Morgan fingerprint density at radius 1 is 0.966 bits per heavy atom. The lowest BCUT2D eigenvalue weighted by Gasteiger charge is -2.57. The maximum atomic E-state index is 11.2. The van der Waals surface area contributed by atoms with Gasteiger partial charge in [-0.15, -0.1) is 0 Å². The van der Waals surface area contributed by atoms with Crippen LogP contribution < -0.4 is 4.74 Å². The van der Waals surface area contributed by atoms with Crippen molar-refractivity contribution in [1.82, 2.24) is 0 Å². The van der Waals surface area contributed by atoms with Crippen LogP contribution in [0.3, 0.4) is 0 Å². The van der Waals surface area contributed by atoms with Crippen LogP contribution in [0.5, 0.6) is 5.75 Å². The number of ether oxygens (including phenoxy) is 1. The highest BCUT2D eigenvalue weighted by atomic mass is 16.5. The van der Waals surface area contributed by atoms with Crippen LogP contribution in [0.15, 0.2) is 42.5 Å². The van der Waals surface area contributed by atoms with Crippen molar-refractivity contribution < 1.29 is 14.6 Å². The van der Waals surface area contributed by atoms with Crippen LogP contribution in [0.2, 0.25) is 0 Å². The Bertz CT molecular complexity index is 988. The van der Waals surface area contributed by atoms with Gasteiger partial charge in [0.15, 0.2) is 0 Å². The summed E-state index contributed by atoms with van der Waals surface area (Å²) in [5.74, 6) is 9.08. The van der Waals surface area contributed by atoms with Crippen LogP contribution in [0.25, 0.3) is 0 Å². The molecule has 3 heteroatoms. The topological polar surface area (TPSA) is 46.5 Å². The summed E-state index contributed by atoms with van der Waals surface area (Å²) >= 11 is 0. The van der Waals surface area contributed by atoms with Gasteiger partial charge in [0.2, 0.25) is 0 Å². The molecule has 4 fully saturated rings. The van der Waals surface area contributed by atoms with Gasteiger partial charge in [-0.05, 0) is 98.1 Å². The highest BCUT2D eigenvalue weighted by Crippen LogP contribution is 2.61. The Morgan fingerprint density at radius 3 is 2.17 bits per heavy atom. The summed E-state index contributed by atoms with van der Waals surface area (Å²) in [7, 11) is 1.77. The molecule has 1 N–H and O–H groups in total. The number of hydrogen-bond donors (Lipinski definition) is 1. The highest BCUT2D eigenvalue weighted by molar-refractivity contribution is 5.88. The van der Waals surface area contributed by atoms with Crippen molar-refractivity contribution in [1.29, 1.82) is 0 Å². The monoisotopic (exact) mass is 386 g/mol. The molecule has 2 aromatic carbocycles. The molecule has 0 heterocycles. The van der Waals surface area contributed by atoms with Crippen molar-refractivity contribution in [2.45, 2.75) is 43.9 Å². The predicted molar refractivity (Wildman–Crippen MR) is 112 cm³/mol. The third-order valence-corrected chi connectivity index (χ3v) is 7.27. The molecule has 2 aromatic rings. The molecular formula is C26H26O3. The molecule has 6 rings (SSSR count). The number of rotatable bonds is 3. The molecule has 0 radical (unpaired) electrons. The van der Waals surface area contributed by atoms with Gasteiger partial charge in [0, 0.05) is 16.7 Å². The van der Waals surface area contributed by atoms with Crippen molar-refractivity contribution in [3.8, 4) is 17.6 Å². The van der Waals surface area contributed by atoms with E-state index in [2.05, 4.69) is 24.0 Å². The van der Waals surface area contributed by atoms with Crippen LogP contribution in [0, 0.1) is 29.6 Å². The van der Waals surface area contributed by atoms with Gasteiger partial charge in [-0.3, -0.25) is 0 Å². The Hall–Kier alpha value is -2.73. The lowest BCUT2D eigenvalue weighted by Crippen LogP contribution is -2.48. The van der Waals surface area contributed by atoms with Crippen molar-refractivity contribution in [2.75, 3.05) is 7.11 Å². The number of methoxy groups -OCH3 is 1. The van der Waals surface area contributed by atoms with E-state index in [9.17, 15) is 9.90 Å². The molecule has 0 amide bonds. The van der Waals surface area contributed by atoms with E-state index in [0.717, 1.165) is 34.6 Å². The van der Waals surface area contributed by atoms with E-state index in [1.807, 2.05) is 12.1 Å². The maximum absolute atomic E-state index is 11.2. The predicted octanol–water partition coefficient (Wildman–Crippen LogP) is 5.26. The first-order chi connectivity index (χ1) is 14.0. The van der Waals surface area contributed by atoms with Crippen molar-refractivity contribution in [3.05, 3.63) is 64.7 Å². The SMILES string of the molecule is COc1ccc(C#Cc2cccc(C(=O)O)c2)cc1C12CC3CC(CC(C3)C1)C2. The zero-order valence-corrected chi connectivity index (χ0v) is 16.8. The van der Waals surface area contributed by atoms with E-state index >= 15 is 0 Å². The molecule has 4 bridgehead atoms. The van der Waals surface area contributed by atoms with Gasteiger partial charge in [0.25, 0.3) is 0 Å². The summed E-state index contributed by atoms with van der Waals surface area (Å²) in [4.78, 5) is 11.2. The van der Waals surface area contributed by atoms with Gasteiger partial charge in [-0.25, -0.2) is 4.79 Å². The fourth-order valence-electron chi connectivity index (χ4n) is 6.52. The molecule has 4 saturated carbocycles. The van der Waals surface area contributed by atoms with E-state index in [-0.39, 0.29) is 11.0 Å². The average Bonchev–Trinajstić information content (AvgIpc) is 2.71. The smallest absolute Gasteiger partial charge is 0.335 e. The molecule has 0 aliphatic heterocycles. The molecule has 0 unspecified atom stereocenters. The lowest BCUT2D eigenvalue weighted by atomic mass is 9.48. The third-order valence-electron chi connectivity index (χ3n) is 7.27. The van der Waals surface area contributed by atoms with Crippen molar-refractivity contribution in [2.24, 2.45) is 17.8 Å². The van der Waals surface area contributed by atoms with Crippen LogP contribution >= 0.6 is 0 Å². The molecule has 4 aliphatic carbocycles. The second-order valence-corrected chi connectivity index (χ2v) is 9.25. The molecule has 0 atom stereocenters. The first kappa shape index (κ1) is 18.3. The quantitative estimate of drug-likeness (QED) is 0.732. The second kappa shape index (κ2) is 6.95. The van der Waals surface area contributed by atoms with Crippen LogP contribution in [-0.4, -0.2) is 18.2 Å². The summed E-state index contributed by atoms with van der Waals surface area (Å²) in [6.45, 7) is 0. The number of hydrogen-bond acceptors (Lipinski definition) is 2. The van der Waals surface area contributed by atoms with Gasteiger partial charge in [-0.1, -0.05) is 17.9 Å². The van der Waals surface area contributed by atoms with Crippen molar-refractivity contribution in [3.63, 3.8) is 0 Å². The van der Waals surface area contributed by atoms with Gasteiger partial charge in [-0.2, -0.15) is 0 Å². The number of benzene rings is 2. The first-order valence-electron chi connectivity index (χ1n) is 10.6. The van der Waals surface area contributed by atoms with Gasteiger partial charge in [0.1, 0.15) is 5.75 Å². The summed E-state index contributed by atoms with van der Waals surface area (Å²) in [6, 6.07) is 13.1. The fraction of sp³-hybridized carbons (Fsp3) is 0.423. The normalized spacial score (nSPS) is 29.2. The van der Waals surface area contributed by atoms with Gasteiger partial charge >= 0.3 is 5.97 Å². The van der Waals surface area contributed by atoms with Crippen LogP contribution in [-0.2, 0) is 5.41 Å². The summed E-state index contributed by atoms with van der Waals surface area (Å²) in [5.41, 5.74) is 3.54. The largest absolute Gasteiger partial charge is 0.496 e. The maximum Gasteiger partial charge on any atom is 0.335 e. The lowest BCUT2D eigenvalue weighted by molar-refractivity contribution is -0.00616. The molecule has 0 saturated heterocycles. The van der Waals surface area contributed by atoms with Gasteiger partial charge < -0.3 is 9.84 Å². The number of carboxylic acids is 1. The molecule has 0 spiro atoms. The van der Waals surface area contributed by atoms with E-state index in [4.69, 9.17) is 4.74 Å².